The molecule has 0 atom stereocenters. The standard InChI is InChI=1S/C11H6F4N4O/c12-7-1-2-10(20-6-11(13,14)15)9(3-7)19-18-8(4-16)5-17/h1-3,19H,6H2. The maximum Gasteiger partial charge on any atom is 0.422 e. The first-order chi connectivity index (χ1) is 9.35. The van der Waals surface area contributed by atoms with Crippen LogP contribution in [0.1, 0.15) is 0 Å². The number of nitrogens with zero attached hydrogens (tertiary/aromatic N) is 3. The molecule has 0 radical (unpaired) electrons. The van der Waals surface area contributed by atoms with Gasteiger partial charge in [0.05, 0.1) is 0 Å². The van der Waals surface area contributed by atoms with Crippen molar-refractivity contribution < 1.29 is 22.3 Å². The molecule has 1 aromatic rings. The van der Waals surface area contributed by atoms with Crippen molar-refractivity contribution in [2.24, 2.45) is 5.10 Å². The Morgan fingerprint density at radius 2 is 1.95 bits per heavy atom. The zero-order valence-electron chi connectivity index (χ0n) is 9.70. The molecule has 1 rings (SSSR count). The minimum Gasteiger partial charge on any atom is -0.482 e. The Bertz CT molecular complexity index is 582. The second kappa shape index (κ2) is 6.38. The number of hydrogen-bond donors (Lipinski definition) is 1. The monoisotopic (exact) mass is 286 g/mol. The van der Waals surface area contributed by atoms with E-state index in [0.717, 1.165) is 18.2 Å². The fraction of sp³-hybridized carbons (Fsp3) is 0.182. The summed E-state index contributed by atoms with van der Waals surface area (Å²) in [5, 5.41) is 20.2. The molecule has 0 aromatic heterocycles. The number of anilines is 1. The maximum atomic E-state index is 13.0. The molecule has 0 fully saturated rings. The third-order valence-electron chi connectivity index (χ3n) is 1.83. The Balaban J connectivity index is 2.94. The Kier molecular flexibility index (Phi) is 4.87. The Morgan fingerprint density at radius 3 is 2.50 bits per heavy atom. The molecule has 0 saturated heterocycles. The molecular formula is C11H6F4N4O. The molecule has 0 spiro atoms. The van der Waals surface area contributed by atoms with E-state index < -0.39 is 24.3 Å². The number of ether oxygens (including phenoxy) is 1. The largest absolute Gasteiger partial charge is 0.482 e. The summed E-state index contributed by atoms with van der Waals surface area (Å²) in [5.74, 6) is -1.07. The molecule has 9 heteroatoms. The summed E-state index contributed by atoms with van der Waals surface area (Å²) in [4.78, 5) is 0. The van der Waals surface area contributed by atoms with E-state index in [-0.39, 0.29) is 11.4 Å². The van der Waals surface area contributed by atoms with Crippen LogP contribution in [-0.4, -0.2) is 18.5 Å². The molecule has 20 heavy (non-hydrogen) atoms. The zero-order chi connectivity index (χ0) is 15.2. The van der Waals surface area contributed by atoms with Gasteiger partial charge >= 0.3 is 6.18 Å². The first-order valence-electron chi connectivity index (χ1n) is 4.98. The summed E-state index contributed by atoms with van der Waals surface area (Å²) in [6.07, 6.45) is -4.56. The Morgan fingerprint density at radius 1 is 1.30 bits per heavy atom. The predicted octanol–water partition coefficient (Wildman–Crippen LogP) is 2.58. The highest BCUT2D eigenvalue weighted by molar-refractivity contribution is 6.10. The van der Waals surface area contributed by atoms with Gasteiger partial charge in [-0.15, -0.1) is 0 Å². The van der Waals surface area contributed by atoms with Gasteiger partial charge in [0.2, 0.25) is 5.71 Å². The van der Waals surface area contributed by atoms with Crippen LogP contribution in [0.15, 0.2) is 23.3 Å². The predicted molar refractivity (Wildman–Crippen MR) is 60.2 cm³/mol. The smallest absolute Gasteiger partial charge is 0.422 e. The molecule has 1 aromatic carbocycles. The molecule has 0 aliphatic rings. The minimum absolute atomic E-state index is 0.239. The summed E-state index contributed by atoms with van der Waals surface area (Å²) >= 11 is 0. The number of nitrogens with one attached hydrogen (secondary N) is 1. The molecule has 0 aliphatic carbocycles. The molecule has 0 unspecified atom stereocenters. The molecule has 1 N–H and O–H groups in total. The van der Waals surface area contributed by atoms with Crippen LogP contribution >= 0.6 is 0 Å². The van der Waals surface area contributed by atoms with E-state index in [1.54, 1.807) is 0 Å². The average Bonchev–Trinajstić information content (AvgIpc) is 2.38. The van der Waals surface area contributed by atoms with E-state index >= 15 is 0 Å². The van der Waals surface area contributed by atoms with Crippen LogP contribution in [0, 0.1) is 28.5 Å². The first-order valence-corrected chi connectivity index (χ1v) is 4.98. The van der Waals surface area contributed by atoms with Gasteiger partial charge in [0.25, 0.3) is 0 Å². The van der Waals surface area contributed by atoms with E-state index in [1.165, 1.54) is 12.1 Å². The summed E-state index contributed by atoms with van der Waals surface area (Å²) in [7, 11) is 0. The van der Waals surface area contributed by atoms with Crippen LogP contribution in [0.25, 0.3) is 0 Å². The van der Waals surface area contributed by atoms with Crippen molar-refractivity contribution in [3.05, 3.63) is 24.0 Å². The molecule has 104 valence electrons. The summed E-state index contributed by atoms with van der Waals surface area (Å²) in [6, 6.07) is 5.54. The summed E-state index contributed by atoms with van der Waals surface area (Å²) in [6.45, 7) is -1.57. The lowest BCUT2D eigenvalue weighted by Gasteiger charge is -2.12. The van der Waals surface area contributed by atoms with Crippen molar-refractivity contribution in [3.8, 4) is 17.9 Å². The van der Waals surface area contributed by atoms with Crippen molar-refractivity contribution >= 4 is 11.4 Å². The van der Waals surface area contributed by atoms with Gasteiger partial charge in [-0.2, -0.15) is 28.8 Å². The molecule has 0 bridgehead atoms. The topological polar surface area (TPSA) is 81.2 Å². The van der Waals surface area contributed by atoms with E-state index in [2.05, 4.69) is 15.3 Å². The second-order valence-corrected chi connectivity index (χ2v) is 3.34. The van der Waals surface area contributed by atoms with Crippen molar-refractivity contribution in [1.82, 2.24) is 0 Å². The highest BCUT2D eigenvalue weighted by atomic mass is 19.4. The SMILES string of the molecule is N#CC(C#N)=NNc1cc(F)ccc1OCC(F)(F)F. The Hall–Kier alpha value is -2.81. The van der Waals surface area contributed by atoms with Gasteiger partial charge in [-0.05, 0) is 12.1 Å². The van der Waals surface area contributed by atoms with Crippen LogP contribution < -0.4 is 10.2 Å². The van der Waals surface area contributed by atoms with Crippen molar-refractivity contribution in [1.29, 1.82) is 10.5 Å². The molecule has 5 nitrogen and oxygen atoms in total. The van der Waals surface area contributed by atoms with E-state index in [1.807, 2.05) is 0 Å². The maximum absolute atomic E-state index is 13.0. The van der Waals surface area contributed by atoms with E-state index in [0.29, 0.717) is 0 Å². The highest BCUT2D eigenvalue weighted by Gasteiger charge is 2.28. The van der Waals surface area contributed by atoms with Crippen molar-refractivity contribution in [2.45, 2.75) is 6.18 Å². The number of hydrazone groups is 1. The van der Waals surface area contributed by atoms with Crippen LogP contribution in [0.4, 0.5) is 23.2 Å². The third-order valence-corrected chi connectivity index (χ3v) is 1.83. The van der Waals surface area contributed by atoms with Crippen molar-refractivity contribution in [3.63, 3.8) is 0 Å². The number of rotatable bonds is 4. The van der Waals surface area contributed by atoms with Crippen LogP contribution in [0.5, 0.6) is 5.75 Å². The fourth-order valence-electron chi connectivity index (χ4n) is 1.07. The van der Waals surface area contributed by atoms with Crippen molar-refractivity contribution in [2.75, 3.05) is 12.0 Å². The number of hydrogen-bond acceptors (Lipinski definition) is 5. The lowest BCUT2D eigenvalue weighted by molar-refractivity contribution is -0.153. The zero-order valence-corrected chi connectivity index (χ0v) is 9.70. The van der Waals surface area contributed by atoms with Gasteiger partial charge in [-0.1, -0.05) is 0 Å². The summed E-state index contributed by atoms with van der Waals surface area (Å²) < 4.78 is 53.6. The molecule has 0 saturated carbocycles. The van der Waals surface area contributed by atoms with Gasteiger partial charge in [0.15, 0.2) is 6.61 Å². The molecule has 0 amide bonds. The Labute approximate surface area is 110 Å². The highest BCUT2D eigenvalue weighted by Crippen LogP contribution is 2.27. The average molecular weight is 286 g/mol. The molecule has 0 aliphatic heterocycles. The van der Waals surface area contributed by atoms with Crippen LogP contribution in [0.3, 0.4) is 0 Å². The number of halogens is 4. The molecule has 0 heterocycles. The van der Waals surface area contributed by atoms with E-state index in [4.69, 9.17) is 10.5 Å². The second-order valence-electron chi connectivity index (χ2n) is 3.34. The molecular weight excluding hydrogens is 280 g/mol. The third kappa shape index (κ3) is 4.82. The summed E-state index contributed by atoms with van der Waals surface area (Å²) in [5.41, 5.74) is 1.29. The minimum atomic E-state index is -4.56. The number of benzene rings is 1. The fourth-order valence-corrected chi connectivity index (χ4v) is 1.07. The van der Waals surface area contributed by atoms with E-state index in [9.17, 15) is 17.6 Å². The quantitative estimate of drug-likeness (QED) is 0.524. The lowest BCUT2D eigenvalue weighted by atomic mass is 10.3. The van der Waals surface area contributed by atoms with Crippen LogP contribution in [-0.2, 0) is 0 Å². The van der Waals surface area contributed by atoms with Gasteiger partial charge in [0.1, 0.15) is 29.4 Å². The lowest BCUT2D eigenvalue weighted by Crippen LogP contribution is -2.19. The number of alkyl halides is 3. The van der Waals surface area contributed by atoms with Gasteiger partial charge in [-0.3, -0.25) is 5.43 Å². The van der Waals surface area contributed by atoms with Gasteiger partial charge in [0, 0.05) is 6.07 Å². The first kappa shape index (κ1) is 15.2. The normalized spacial score (nSPS) is 10.1. The van der Waals surface area contributed by atoms with Crippen LogP contribution in [0.2, 0.25) is 0 Å². The van der Waals surface area contributed by atoms with Gasteiger partial charge < -0.3 is 4.74 Å². The number of nitriles is 2. The van der Waals surface area contributed by atoms with Gasteiger partial charge in [-0.25, -0.2) is 4.39 Å².